The minimum Gasteiger partial charge on any atom is -0.380 e. The number of nitrogens with one attached hydrogen (secondary N) is 1. The average molecular weight is 442 g/mol. The van der Waals surface area contributed by atoms with Crippen molar-refractivity contribution in [1.82, 2.24) is 14.6 Å². The van der Waals surface area contributed by atoms with E-state index in [9.17, 15) is 18.0 Å². The summed E-state index contributed by atoms with van der Waals surface area (Å²) in [6, 6.07) is 16.8. The minimum atomic E-state index is -4.48. The Morgan fingerprint density at radius 1 is 1.06 bits per heavy atom. The second-order valence-electron chi connectivity index (χ2n) is 6.77. The third-order valence-electron chi connectivity index (χ3n) is 4.53. The van der Waals surface area contributed by atoms with E-state index in [1.165, 1.54) is 40.5 Å². The Bertz CT molecular complexity index is 1190. The van der Waals surface area contributed by atoms with E-state index in [1.807, 2.05) is 30.3 Å². The number of carbonyl (C=O) groups is 1. The number of halogens is 3. The van der Waals surface area contributed by atoms with Crippen LogP contribution in [0.3, 0.4) is 0 Å². The van der Waals surface area contributed by atoms with Gasteiger partial charge < -0.3 is 10.1 Å². The van der Waals surface area contributed by atoms with Crippen molar-refractivity contribution in [2.75, 3.05) is 12.4 Å². The van der Waals surface area contributed by atoms with Gasteiger partial charge in [-0.1, -0.05) is 48.5 Å². The Morgan fingerprint density at radius 3 is 2.41 bits per heavy atom. The smallest absolute Gasteiger partial charge is 0.380 e. The van der Waals surface area contributed by atoms with Crippen molar-refractivity contribution in [3.8, 4) is 11.3 Å². The van der Waals surface area contributed by atoms with E-state index in [2.05, 4.69) is 15.4 Å². The molecule has 4 rings (SSSR count). The van der Waals surface area contributed by atoms with Crippen LogP contribution in [0.5, 0.6) is 0 Å². The number of carbonyl (C=O) groups excluding carboxylic acids is 1. The van der Waals surface area contributed by atoms with Crippen LogP contribution in [-0.2, 0) is 22.3 Å². The molecule has 9 heteroatoms. The van der Waals surface area contributed by atoms with Crippen LogP contribution in [0.2, 0.25) is 0 Å². The van der Waals surface area contributed by atoms with Crippen LogP contribution < -0.4 is 5.32 Å². The first-order valence-corrected chi connectivity index (χ1v) is 9.60. The number of aryl methyl sites for hydroxylation is 1. The zero-order chi connectivity index (χ0) is 23.1. The molecule has 1 N–H and O–H groups in total. The molecule has 6 nitrogen and oxygen atoms in total. The first-order valence-electron chi connectivity index (χ1n) is 9.60. The number of fused-ring (bicyclic) bond motifs is 1. The number of ether oxygens (including phenoxy) is 1. The number of aromatic nitrogens is 3. The monoisotopic (exact) mass is 442 g/mol. The summed E-state index contributed by atoms with van der Waals surface area (Å²) in [7, 11) is 1.70. The van der Waals surface area contributed by atoms with E-state index in [-0.39, 0.29) is 16.9 Å². The van der Waals surface area contributed by atoms with Gasteiger partial charge in [0, 0.05) is 18.9 Å². The molecule has 2 aromatic heterocycles. The summed E-state index contributed by atoms with van der Waals surface area (Å²) < 4.78 is 45.8. The molecular formula is C23H21F3N4O2. The molecule has 2 aromatic carbocycles. The fourth-order valence-electron chi connectivity index (χ4n) is 3.11. The van der Waals surface area contributed by atoms with E-state index in [1.54, 1.807) is 14.0 Å². The Hall–Kier alpha value is -3.72. The first kappa shape index (κ1) is 23.0. The van der Waals surface area contributed by atoms with E-state index in [0.29, 0.717) is 24.4 Å². The van der Waals surface area contributed by atoms with Gasteiger partial charge in [0.05, 0.1) is 23.6 Å². The Kier molecular flexibility index (Phi) is 7.21. The van der Waals surface area contributed by atoms with Gasteiger partial charge in [-0.2, -0.15) is 18.3 Å². The Balaban J connectivity index is 0.000000269. The fourth-order valence-corrected chi connectivity index (χ4v) is 3.11. The predicted molar refractivity (Wildman–Crippen MR) is 115 cm³/mol. The minimum absolute atomic E-state index is 0.0293. The molecule has 4 aromatic rings. The topological polar surface area (TPSA) is 68.5 Å². The Morgan fingerprint density at radius 2 is 1.75 bits per heavy atom. The maximum atomic E-state index is 13.1. The summed E-state index contributed by atoms with van der Waals surface area (Å²) in [5.74, 6) is 0. The number of hydrogen-bond acceptors (Lipinski definition) is 4. The van der Waals surface area contributed by atoms with E-state index in [0.717, 1.165) is 6.07 Å². The molecule has 0 aliphatic rings. The van der Waals surface area contributed by atoms with Gasteiger partial charge >= 0.3 is 6.18 Å². The number of anilines is 1. The van der Waals surface area contributed by atoms with Crippen molar-refractivity contribution in [1.29, 1.82) is 0 Å². The van der Waals surface area contributed by atoms with Gasteiger partial charge in [-0.15, -0.1) is 0 Å². The molecule has 0 spiro atoms. The molecule has 166 valence electrons. The lowest BCUT2D eigenvalue weighted by Crippen LogP contribution is -2.07. The van der Waals surface area contributed by atoms with Crippen LogP contribution >= 0.6 is 0 Å². The summed E-state index contributed by atoms with van der Waals surface area (Å²) in [4.78, 5) is 14.9. The summed E-state index contributed by atoms with van der Waals surface area (Å²) in [6.45, 7) is 2.38. The molecule has 0 radical (unpaired) electrons. The highest BCUT2D eigenvalue weighted by Crippen LogP contribution is 2.36. The molecule has 0 aliphatic carbocycles. The number of alkyl halides is 3. The maximum absolute atomic E-state index is 13.1. The number of hydrogen-bond donors (Lipinski definition) is 1. The van der Waals surface area contributed by atoms with Crippen molar-refractivity contribution in [2.45, 2.75) is 19.7 Å². The molecule has 1 amide bonds. The van der Waals surface area contributed by atoms with Crippen molar-refractivity contribution in [2.24, 2.45) is 0 Å². The average Bonchev–Trinajstić information content (AvgIpc) is 3.09. The lowest BCUT2D eigenvalue weighted by atomic mass is 10.0. The van der Waals surface area contributed by atoms with Gasteiger partial charge in [0.1, 0.15) is 5.69 Å². The SMILES string of the molecule is COCc1ccccc1.Cc1nn2ccc(-c3ccccc3C(F)(F)F)nc2c1NC=O. The predicted octanol–water partition coefficient (Wildman–Crippen LogP) is 5.12. The lowest BCUT2D eigenvalue weighted by molar-refractivity contribution is -0.137. The normalized spacial score (nSPS) is 11.0. The van der Waals surface area contributed by atoms with Gasteiger partial charge in [-0.25, -0.2) is 9.50 Å². The molecule has 0 saturated carbocycles. The molecule has 0 fully saturated rings. The zero-order valence-corrected chi connectivity index (χ0v) is 17.4. The zero-order valence-electron chi connectivity index (χ0n) is 17.4. The van der Waals surface area contributed by atoms with Crippen molar-refractivity contribution >= 4 is 17.7 Å². The molecule has 0 bridgehead atoms. The van der Waals surface area contributed by atoms with Gasteiger partial charge in [0.15, 0.2) is 5.65 Å². The highest BCUT2D eigenvalue weighted by atomic mass is 19.4. The lowest BCUT2D eigenvalue weighted by Gasteiger charge is -2.12. The number of rotatable bonds is 5. The fraction of sp³-hybridized carbons (Fsp3) is 0.174. The number of benzene rings is 2. The highest BCUT2D eigenvalue weighted by Gasteiger charge is 2.33. The van der Waals surface area contributed by atoms with Gasteiger partial charge in [0.2, 0.25) is 6.41 Å². The van der Waals surface area contributed by atoms with Gasteiger partial charge in [-0.3, -0.25) is 4.79 Å². The van der Waals surface area contributed by atoms with Crippen molar-refractivity contribution < 1.29 is 22.7 Å². The largest absolute Gasteiger partial charge is 0.417 e. The summed E-state index contributed by atoms with van der Waals surface area (Å²) in [5.41, 5.74) is 1.75. The van der Waals surface area contributed by atoms with Crippen LogP contribution in [0.15, 0.2) is 66.9 Å². The van der Waals surface area contributed by atoms with Crippen molar-refractivity contribution in [3.63, 3.8) is 0 Å². The summed E-state index contributed by atoms with van der Waals surface area (Å²) in [5, 5.41) is 6.62. The highest BCUT2D eigenvalue weighted by molar-refractivity contribution is 5.83. The number of nitrogens with zero attached hydrogens (tertiary/aromatic N) is 3. The van der Waals surface area contributed by atoms with Crippen LogP contribution in [0.4, 0.5) is 18.9 Å². The van der Waals surface area contributed by atoms with Crippen LogP contribution in [0.1, 0.15) is 16.8 Å². The summed E-state index contributed by atoms with van der Waals surface area (Å²) in [6.07, 6.45) is -2.50. The van der Waals surface area contributed by atoms with E-state index in [4.69, 9.17) is 4.74 Å². The Labute approximate surface area is 182 Å². The maximum Gasteiger partial charge on any atom is 0.417 e. The van der Waals surface area contributed by atoms with Gasteiger partial charge in [-0.05, 0) is 24.6 Å². The van der Waals surface area contributed by atoms with Crippen LogP contribution in [-0.4, -0.2) is 28.1 Å². The standard InChI is InChI=1S/C15H11F3N4O.C8H10O/c1-9-13(19-8-23)14-20-12(6-7-22(14)21-9)10-4-2-3-5-11(10)15(16,17)18;1-9-7-8-5-3-2-4-6-8/h2-8H,1H3,(H,19,23);2-6H,7H2,1H3. The molecular weight excluding hydrogens is 421 g/mol. The first-order chi connectivity index (χ1) is 15.3. The van der Waals surface area contributed by atoms with Gasteiger partial charge in [0.25, 0.3) is 0 Å². The third-order valence-corrected chi connectivity index (χ3v) is 4.53. The van der Waals surface area contributed by atoms with Crippen LogP contribution in [0, 0.1) is 6.92 Å². The van der Waals surface area contributed by atoms with E-state index < -0.39 is 11.7 Å². The molecule has 0 aliphatic heterocycles. The molecule has 0 saturated heterocycles. The van der Waals surface area contributed by atoms with Crippen molar-refractivity contribution in [3.05, 3.63) is 83.7 Å². The molecule has 2 heterocycles. The van der Waals surface area contributed by atoms with Crippen LogP contribution in [0.25, 0.3) is 16.9 Å². The molecule has 0 unspecified atom stereocenters. The second kappa shape index (κ2) is 10.1. The molecule has 0 atom stereocenters. The van der Waals surface area contributed by atoms with E-state index >= 15 is 0 Å². The number of amides is 1. The second-order valence-corrected chi connectivity index (χ2v) is 6.77. The number of methoxy groups -OCH3 is 1. The summed E-state index contributed by atoms with van der Waals surface area (Å²) >= 11 is 0. The quantitative estimate of drug-likeness (QED) is 0.436. The molecule has 32 heavy (non-hydrogen) atoms. The third kappa shape index (κ3) is 5.30.